The first-order chi connectivity index (χ1) is 9.56. The third-order valence-electron chi connectivity index (χ3n) is 3.98. The van der Waals surface area contributed by atoms with Crippen LogP contribution in [0.15, 0.2) is 12.3 Å². The summed E-state index contributed by atoms with van der Waals surface area (Å²) in [6, 6.07) is 2.30. The summed E-state index contributed by atoms with van der Waals surface area (Å²) in [5.74, 6) is 2.75. The van der Waals surface area contributed by atoms with Gasteiger partial charge in [-0.3, -0.25) is 0 Å². The summed E-state index contributed by atoms with van der Waals surface area (Å²) in [6.07, 6.45) is 7.05. The molecule has 1 heterocycles. The van der Waals surface area contributed by atoms with Crippen LogP contribution in [-0.4, -0.2) is 22.1 Å². The molecule has 1 N–H and O–H groups in total. The van der Waals surface area contributed by atoms with Crippen LogP contribution in [0.4, 0.5) is 5.95 Å². The molecule has 0 amide bonds. The maximum absolute atomic E-state index is 5.63. The minimum atomic E-state index is 0.135. The van der Waals surface area contributed by atoms with Gasteiger partial charge in [0.05, 0.1) is 6.10 Å². The maximum Gasteiger partial charge on any atom is 0.226 e. The van der Waals surface area contributed by atoms with Gasteiger partial charge >= 0.3 is 0 Å². The monoisotopic (exact) mass is 277 g/mol. The Bertz CT molecular complexity index is 420. The van der Waals surface area contributed by atoms with E-state index in [1.54, 1.807) is 6.20 Å². The predicted molar refractivity (Wildman–Crippen MR) is 82.0 cm³/mol. The molecule has 0 radical (unpaired) electrons. The highest BCUT2D eigenvalue weighted by molar-refractivity contribution is 5.29. The normalized spacial score (nSPS) is 23.1. The SMILES string of the molecule is CC(C)Oc1ccnc(NC2CCCCC2C(C)C)n1. The van der Waals surface area contributed by atoms with Gasteiger partial charge in [0.1, 0.15) is 0 Å². The van der Waals surface area contributed by atoms with Crippen LogP contribution in [0, 0.1) is 11.8 Å². The minimum Gasteiger partial charge on any atom is -0.475 e. The second kappa shape index (κ2) is 6.91. The third-order valence-corrected chi connectivity index (χ3v) is 3.98. The Morgan fingerprint density at radius 1 is 1.20 bits per heavy atom. The predicted octanol–water partition coefficient (Wildman–Crippen LogP) is 3.89. The first kappa shape index (κ1) is 15.1. The van der Waals surface area contributed by atoms with Gasteiger partial charge in [0.2, 0.25) is 11.8 Å². The van der Waals surface area contributed by atoms with E-state index in [4.69, 9.17) is 4.74 Å². The molecule has 0 bridgehead atoms. The van der Waals surface area contributed by atoms with Crippen molar-refractivity contribution in [3.63, 3.8) is 0 Å². The second-order valence-corrected chi connectivity index (χ2v) is 6.33. The van der Waals surface area contributed by atoms with Crippen molar-refractivity contribution in [1.82, 2.24) is 9.97 Å². The first-order valence-electron chi connectivity index (χ1n) is 7.82. The van der Waals surface area contributed by atoms with E-state index >= 15 is 0 Å². The minimum absolute atomic E-state index is 0.135. The lowest BCUT2D eigenvalue weighted by molar-refractivity contribution is 0.231. The summed E-state index contributed by atoms with van der Waals surface area (Å²) in [7, 11) is 0. The number of ether oxygens (including phenoxy) is 1. The van der Waals surface area contributed by atoms with E-state index in [1.807, 2.05) is 19.9 Å². The molecule has 1 aromatic heterocycles. The number of hydrogen-bond donors (Lipinski definition) is 1. The third kappa shape index (κ3) is 4.09. The van der Waals surface area contributed by atoms with E-state index in [2.05, 4.69) is 29.1 Å². The number of nitrogens with one attached hydrogen (secondary N) is 1. The van der Waals surface area contributed by atoms with Gasteiger partial charge in [-0.25, -0.2) is 4.98 Å². The van der Waals surface area contributed by atoms with Gasteiger partial charge in [0.15, 0.2) is 0 Å². The fourth-order valence-corrected chi connectivity index (χ4v) is 3.02. The highest BCUT2D eigenvalue weighted by Gasteiger charge is 2.27. The molecule has 1 aromatic rings. The average Bonchev–Trinajstić information content (AvgIpc) is 2.38. The zero-order chi connectivity index (χ0) is 14.5. The molecular weight excluding hydrogens is 250 g/mol. The first-order valence-corrected chi connectivity index (χ1v) is 7.82. The van der Waals surface area contributed by atoms with Crippen LogP contribution in [0.25, 0.3) is 0 Å². The Morgan fingerprint density at radius 2 is 1.95 bits per heavy atom. The summed E-state index contributed by atoms with van der Waals surface area (Å²) < 4.78 is 5.63. The fraction of sp³-hybridized carbons (Fsp3) is 0.750. The highest BCUT2D eigenvalue weighted by Crippen LogP contribution is 2.31. The molecule has 4 heteroatoms. The van der Waals surface area contributed by atoms with Crippen LogP contribution in [0.1, 0.15) is 53.4 Å². The van der Waals surface area contributed by atoms with Crippen molar-refractivity contribution in [2.75, 3.05) is 5.32 Å². The molecule has 0 aliphatic heterocycles. The molecular formula is C16H27N3O. The zero-order valence-electron chi connectivity index (χ0n) is 13.1. The molecule has 112 valence electrons. The summed E-state index contributed by atoms with van der Waals surface area (Å²) in [5.41, 5.74) is 0. The van der Waals surface area contributed by atoms with E-state index < -0.39 is 0 Å². The molecule has 4 nitrogen and oxygen atoms in total. The quantitative estimate of drug-likeness (QED) is 0.887. The van der Waals surface area contributed by atoms with Crippen LogP contribution in [-0.2, 0) is 0 Å². The molecule has 1 aliphatic carbocycles. The molecule has 2 unspecified atom stereocenters. The number of rotatable bonds is 5. The van der Waals surface area contributed by atoms with Crippen molar-refractivity contribution in [1.29, 1.82) is 0 Å². The Kier molecular flexibility index (Phi) is 5.21. The molecule has 1 fully saturated rings. The second-order valence-electron chi connectivity index (χ2n) is 6.33. The largest absolute Gasteiger partial charge is 0.475 e. The lowest BCUT2D eigenvalue weighted by atomic mass is 9.78. The van der Waals surface area contributed by atoms with Crippen LogP contribution < -0.4 is 10.1 Å². The van der Waals surface area contributed by atoms with Crippen molar-refractivity contribution >= 4 is 5.95 Å². The van der Waals surface area contributed by atoms with Gasteiger partial charge in [0, 0.05) is 18.3 Å². The van der Waals surface area contributed by atoms with E-state index in [0.717, 1.165) is 0 Å². The van der Waals surface area contributed by atoms with Crippen molar-refractivity contribution < 1.29 is 4.74 Å². The van der Waals surface area contributed by atoms with E-state index in [-0.39, 0.29) is 6.10 Å². The van der Waals surface area contributed by atoms with Crippen molar-refractivity contribution in [3.8, 4) is 5.88 Å². The van der Waals surface area contributed by atoms with Gasteiger partial charge in [-0.2, -0.15) is 4.98 Å². The van der Waals surface area contributed by atoms with Gasteiger partial charge in [-0.1, -0.05) is 26.7 Å². The van der Waals surface area contributed by atoms with E-state index in [0.29, 0.717) is 29.7 Å². The molecule has 1 saturated carbocycles. The van der Waals surface area contributed by atoms with Gasteiger partial charge in [-0.05, 0) is 38.5 Å². The average molecular weight is 277 g/mol. The zero-order valence-corrected chi connectivity index (χ0v) is 13.1. The fourth-order valence-electron chi connectivity index (χ4n) is 3.02. The van der Waals surface area contributed by atoms with Crippen LogP contribution in [0.2, 0.25) is 0 Å². The van der Waals surface area contributed by atoms with E-state index in [1.165, 1.54) is 25.7 Å². The lowest BCUT2D eigenvalue weighted by Gasteiger charge is -2.34. The number of anilines is 1. The summed E-state index contributed by atoms with van der Waals surface area (Å²) >= 11 is 0. The topological polar surface area (TPSA) is 47.0 Å². The van der Waals surface area contributed by atoms with Crippen molar-refractivity contribution in [3.05, 3.63) is 12.3 Å². The maximum atomic E-state index is 5.63. The standard InChI is InChI=1S/C16H27N3O/c1-11(2)13-7-5-6-8-14(13)18-16-17-10-9-15(19-16)20-12(3)4/h9-14H,5-8H2,1-4H3,(H,17,18,19). The Morgan fingerprint density at radius 3 is 2.65 bits per heavy atom. The Labute approximate surface area is 122 Å². The van der Waals surface area contributed by atoms with Gasteiger partial charge < -0.3 is 10.1 Å². The summed E-state index contributed by atoms with van der Waals surface area (Å²) in [5, 5.41) is 3.52. The van der Waals surface area contributed by atoms with Crippen LogP contribution in [0.5, 0.6) is 5.88 Å². The molecule has 1 aliphatic rings. The van der Waals surface area contributed by atoms with Gasteiger partial charge in [-0.15, -0.1) is 0 Å². The summed E-state index contributed by atoms with van der Waals surface area (Å²) in [6.45, 7) is 8.63. The smallest absolute Gasteiger partial charge is 0.226 e. The van der Waals surface area contributed by atoms with Crippen LogP contribution >= 0.6 is 0 Å². The highest BCUT2D eigenvalue weighted by atomic mass is 16.5. The van der Waals surface area contributed by atoms with Crippen molar-refractivity contribution in [2.45, 2.75) is 65.5 Å². The number of hydrogen-bond acceptors (Lipinski definition) is 4. The Hall–Kier alpha value is -1.32. The molecule has 0 saturated heterocycles. The lowest BCUT2D eigenvalue weighted by Crippen LogP contribution is -2.35. The Balaban J connectivity index is 2.04. The van der Waals surface area contributed by atoms with Crippen LogP contribution in [0.3, 0.4) is 0 Å². The van der Waals surface area contributed by atoms with Crippen molar-refractivity contribution in [2.24, 2.45) is 11.8 Å². The summed E-state index contributed by atoms with van der Waals surface area (Å²) in [4.78, 5) is 8.79. The molecule has 20 heavy (non-hydrogen) atoms. The molecule has 2 atom stereocenters. The van der Waals surface area contributed by atoms with E-state index in [9.17, 15) is 0 Å². The molecule has 2 rings (SSSR count). The van der Waals surface area contributed by atoms with Gasteiger partial charge in [0.25, 0.3) is 0 Å². The number of nitrogens with zero attached hydrogens (tertiary/aromatic N) is 2. The number of aromatic nitrogens is 2. The molecule has 0 spiro atoms. The molecule has 0 aromatic carbocycles.